The molecular formula is C15H20ClNO4. The molecule has 0 radical (unpaired) electrons. The van der Waals surface area contributed by atoms with E-state index in [0.29, 0.717) is 24.4 Å². The number of aromatic hydroxyl groups is 1. The van der Waals surface area contributed by atoms with Crippen LogP contribution in [0.2, 0.25) is 5.02 Å². The topological polar surface area (TPSA) is 86.6 Å². The van der Waals surface area contributed by atoms with Crippen LogP contribution in [0.15, 0.2) is 18.2 Å². The lowest BCUT2D eigenvalue weighted by Gasteiger charge is -2.23. The van der Waals surface area contributed by atoms with Gasteiger partial charge in [-0.05, 0) is 36.5 Å². The molecule has 0 heterocycles. The zero-order valence-corrected chi connectivity index (χ0v) is 12.9. The summed E-state index contributed by atoms with van der Waals surface area (Å²) in [5.74, 6) is -1.36. The fraction of sp³-hybridized carbons (Fsp3) is 0.467. The predicted molar refractivity (Wildman–Crippen MR) is 80.7 cm³/mol. The quantitative estimate of drug-likeness (QED) is 0.722. The van der Waals surface area contributed by atoms with Crippen molar-refractivity contribution in [3.63, 3.8) is 0 Å². The smallest absolute Gasteiger partial charge is 0.303 e. The number of amides is 1. The number of carboxylic acid groups (broad SMARTS) is 1. The second-order valence-corrected chi connectivity index (χ2v) is 6.16. The van der Waals surface area contributed by atoms with E-state index in [9.17, 15) is 14.7 Å². The zero-order chi connectivity index (χ0) is 16.0. The molecule has 6 heteroatoms. The monoisotopic (exact) mass is 313 g/mol. The molecule has 0 saturated carbocycles. The third-order valence-electron chi connectivity index (χ3n) is 3.31. The predicted octanol–water partition coefficient (Wildman–Crippen LogP) is 3.06. The van der Waals surface area contributed by atoms with Crippen LogP contribution in [0.4, 0.5) is 0 Å². The molecule has 0 spiro atoms. The van der Waals surface area contributed by atoms with Crippen molar-refractivity contribution in [1.29, 1.82) is 0 Å². The lowest BCUT2D eigenvalue weighted by Crippen LogP contribution is -2.28. The summed E-state index contributed by atoms with van der Waals surface area (Å²) in [7, 11) is 0. The van der Waals surface area contributed by atoms with E-state index in [2.05, 4.69) is 5.32 Å². The molecule has 0 aliphatic rings. The number of carbonyl (C=O) groups excluding carboxylic acids is 1. The van der Waals surface area contributed by atoms with Gasteiger partial charge in [0.05, 0.1) is 5.56 Å². The fourth-order valence-corrected chi connectivity index (χ4v) is 2.04. The van der Waals surface area contributed by atoms with Gasteiger partial charge in [-0.1, -0.05) is 25.4 Å². The van der Waals surface area contributed by atoms with Crippen LogP contribution in [0.3, 0.4) is 0 Å². The summed E-state index contributed by atoms with van der Waals surface area (Å²) < 4.78 is 0. The van der Waals surface area contributed by atoms with Crippen LogP contribution in [-0.4, -0.2) is 28.6 Å². The SMILES string of the molecule is CC(C)(CCNC(=O)c1ccc(Cl)cc1O)CCC(=O)O. The first-order valence-corrected chi connectivity index (χ1v) is 7.07. The molecule has 0 atom stereocenters. The molecule has 1 aromatic rings. The Kier molecular flexibility index (Phi) is 6.03. The largest absolute Gasteiger partial charge is 0.507 e. The van der Waals surface area contributed by atoms with Crippen molar-refractivity contribution in [2.75, 3.05) is 6.54 Å². The Labute approximate surface area is 128 Å². The minimum atomic E-state index is -0.821. The number of carboxylic acids is 1. The lowest BCUT2D eigenvalue weighted by atomic mass is 9.84. The van der Waals surface area contributed by atoms with Crippen molar-refractivity contribution in [2.24, 2.45) is 5.41 Å². The van der Waals surface area contributed by atoms with Crippen LogP contribution in [0.25, 0.3) is 0 Å². The molecule has 1 amide bonds. The van der Waals surface area contributed by atoms with Crippen molar-refractivity contribution in [3.8, 4) is 5.75 Å². The second kappa shape index (κ2) is 7.31. The summed E-state index contributed by atoms with van der Waals surface area (Å²) >= 11 is 5.71. The second-order valence-electron chi connectivity index (χ2n) is 5.73. The van der Waals surface area contributed by atoms with Gasteiger partial charge in [0.1, 0.15) is 5.75 Å². The minimum Gasteiger partial charge on any atom is -0.507 e. The van der Waals surface area contributed by atoms with Crippen LogP contribution < -0.4 is 5.32 Å². The Balaban J connectivity index is 2.48. The average molecular weight is 314 g/mol. The summed E-state index contributed by atoms with van der Waals surface area (Å²) in [6.45, 7) is 4.33. The van der Waals surface area contributed by atoms with E-state index in [-0.39, 0.29) is 29.1 Å². The number of hydrogen-bond acceptors (Lipinski definition) is 3. The van der Waals surface area contributed by atoms with E-state index in [4.69, 9.17) is 16.7 Å². The fourth-order valence-electron chi connectivity index (χ4n) is 1.88. The molecule has 1 rings (SSSR count). The summed E-state index contributed by atoms with van der Waals surface area (Å²) in [6.07, 6.45) is 1.31. The van der Waals surface area contributed by atoms with Crippen molar-refractivity contribution in [3.05, 3.63) is 28.8 Å². The highest BCUT2D eigenvalue weighted by Crippen LogP contribution is 2.26. The van der Waals surface area contributed by atoms with Gasteiger partial charge in [-0.15, -0.1) is 0 Å². The van der Waals surface area contributed by atoms with E-state index in [1.807, 2.05) is 13.8 Å². The first-order chi connectivity index (χ1) is 9.71. The van der Waals surface area contributed by atoms with E-state index in [1.54, 1.807) is 0 Å². The molecule has 1 aromatic carbocycles. The standard InChI is InChI=1S/C15H20ClNO4/c1-15(2,6-5-13(19)20)7-8-17-14(21)11-4-3-10(16)9-12(11)18/h3-4,9,18H,5-8H2,1-2H3,(H,17,21)(H,19,20). The lowest BCUT2D eigenvalue weighted by molar-refractivity contribution is -0.137. The maximum absolute atomic E-state index is 11.9. The number of benzene rings is 1. The van der Waals surface area contributed by atoms with Gasteiger partial charge in [-0.2, -0.15) is 0 Å². The third kappa shape index (κ3) is 6.04. The van der Waals surface area contributed by atoms with E-state index >= 15 is 0 Å². The molecule has 0 saturated heterocycles. The Morgan fingerprint density at radius 1 is 1.29 bits per heavy atom. The van der Waals surface area contributed by atoms with Crippen molar-refractivity contribution in [2.45, 2.75) is 33.1 Å². The zero-order valence-electron chi connectivity index (χ0n) is 12.1. The maximum atomic E-state index is 11.9. The van der Waals surface area contributed by atoms with Crippen LogP contribution in [-0.2, 0) is 4.79 Å². The molecular weight excluding hydrogens is 294 g/mol. The van der Waals surface area contributed by atoms with Gasteiger partial charge in [-0.3, -0.25) is 9.59 Å². The van der Waals surface area contributed by atoms with E-state index in [0.717, 1.165) is 0 Å². The molecule has 0 fully saturated rings. The normalized spacial score (nSPS) is 11.2. The molecule has 21 heavy (non-hydrogen) atoms. The van der Waals surface area contributed by atoms with Gasteiger partial charge >= 0.3 is 5.97 Å². The summed E-state index contributed by atoms with van der Waals surface area (Å²) in [5, 5.41) is 21.4. The van der Waals surface area contributed by atoms with Crippen molar-refractivity contribution in [1.82, 2.24) is 5.32 Å². The first-order valence-electron chi connectivity index (χ1n) is 6.70. The average Bonchev–Trinajstić information content (AvgIpc) is 2.36. The molecule has 0 aliphatic carbocycles. The molecule has 0 unspecified atom stereocenters. The Bertz CT molecular complexity index is 528. The molecule has 5 nitrogen and oxygen atoms in total. The Morgan fingerprint density at radius 3 is 2.52 bits per heavy atom. The van der Waals surface area contributed by atoms with Gasteiger partial charge in [0.15, 0.2) is 0 Å². The number of halogens is 1. The van der Waals surface area contributed by atoms with Crippen molar-refractivity contribution >= 4 is 23.5 Å². The number of carbonyl (C=O) groups is 2. The molecule has 0 aliphatic heterocycles. The first kappa shape index (κ1) is 17.3. The highest BCUT2D eigenvalue weighted by Gasteiger charge is 2.19. The van der Waals surface area contributed by atoms with E-state index < -0.39 is 5.97 Å². The van der Waals surface area contributed by atoms with Crippen LogP contribution >= 0.6 is 11.6 Å². The summed E-state index contributed by atoms with van der Waals surface area (Å²) in [4.78, 5) is 22.5. The van der Waals surface area contributed by atoms with Gasteiger partial charge < -0.3 is 15.5 Å². The number of phenols is 1. The number of rotatable bonds is 7. The number of nitrogens with one attached hydrogen (secondary N) is 1. The number of phenolic OH excluding ortho intramolecular Hbond substituents is 1. The van der Waals surface area contributed by atoms with Gasteiger partial charge in [0.2, 0.25) is 0 Å². The van der Waals surface area contributed by atoms with Crippen LogP contribution in [0.5, 0.6) is 5.75 Å². The molecule has 0 aromatic heterocycles. The van der Waals surface area contributed by atoms with Gasteiger partial charge in [0, 0.05) is 18.0 Å². The Morgan fingerprint density at radius 2 is 1.95 bits per heavy atom. The number of hydrogen-bond donors (Lipinski definition) is 3. The van der Waals surface area contributed by atoms with E-state index in [1.165, 1.54) is 18.2 Å². The molecule has 0 bridgehead atoms. The van der Waals surface area contributed by atoms with Crippen molar-refractivity contribution < 1.29 is 19.8 Å². The molecule has 3 N–H and O–H groups in total. The number of aliphatic carboxylic acids is 1. The molecule has 116 valence electrons. The van der Waals surface area contributed by atoms with Crippen LogP contribution in [0.1, 0.15) is 43.5 Å². The van der Waals surface area contributed by atoms with Gasteiger partial charge in [0.25, 0.3) is 5.91 Å². The summed E-state index contributed by atoms with van der Waals surface area (Å²) in [5.41, 5.74) is -0.00370. The maximum Gasteiger partial charge on any atom is 0.303 e. The summed E-state index contributed by atoms with van der Waals surface area (Å²) in [6, 6.07) is 4.31. The Hall–Kier alpha value is -1.75. The van der Waals surface area contributed by atoms with Gasteiger partial charge in [-0.25, -0.2) is 0 Å². The van der Waals surface area contributed by atoms with Crippen LogP contribution in [0, 0.1) is 5.41 Å². The third-order valence-corrected chi connectivity index (χ3v) is 3.54. The highest BCUT2D eigenvalue weighted by molar-refractivity contribution is 6.30. The highest BCUT2D eigenvalue weighted by atomic mass is 35.5. The minimum absolute atomic E-state index is 0.110.